The Bertz CT molecular complexity index is 2230. The summed E-state index contributed by atoms with van der Waals surface area (Å²) in [6.45, 7) is 16.7. The van der Waals surface area contributed by atoms with E-state index in [4.69, 9.17) is 4.74 Å². The van der Waals surface area contributed by atoms with Crippen LogP contribution in [0.5, 0.6) is 5.75 Å². The minimum Gasteiger partial charge on any atom is -0.485 e. The lowest BCUT2D eigenvalue weighted by atomic mass is 9.79. The zero-order valence-electron chi connectivity index (χ0n) is 26.5. The summed E-state index contributed by atoms with van der Waals surface area (Å²) >= 11 is 0. The summed E-state index contributed by atoms with van der Waals surface area (Å²) in [5.41, 5.74) is 15.3. The Morgan fingerprint density at radius 3 is 2.15 bits per heavy atom. The van der Waals surface area contributed by atoms with Crippen LogP contribution >= 0.6 is 0 Å². The van der Waals surface area contributed by atoms with Gasteiger partial charge in [0.25, 0.3) is 0 Å². The molecule has 1 heteroatoms. The van der Waals surface area contributed by atoms with E-state index in [1.54, 1.807) is 0 Å². The Hall–Kier alpha value is -5.66. The first kappa shape index (κ1) is 28.8. The highest BCUT2D eigenvalue weighted by atomic mass is 16.5. The van der Waals surface area contributed by atoms with Crippen LogP contribution in [0, 0.1) is 0 Å². The van der Waals surface area contributed by atoms with Gasteiger partial charge in [0.15, 0.2) is 0 Å². The Labute approximate surface area is 277 Å². The van der Waals surface area contributed by atoms with Gasteiger partial charge in [0.1, 0.15) is 11.9 Å². The largest absolute Gasteiger partial charge is 0.485 e. The fourth-order valence-electron chi connectivity index (χ4n) is 7.78. The van der Waals surface area contributed by atoms with Gasteiger partial charge in [0.2, 0.25) is 0 Å². The highest BCUT2D eigenvalue weighted by Gasteiger charge is 2.35. The van der Waals surface area contributed by atoms with Crippen molar-refractivity contribution in [2.45, 2.75) is 24.9 Å². The lowest BCUT2D eigenvalue weighted by Gasteiger charge is -2.24. The molecule has 0 radical (unpaired) electrons. The molecule has 2 atom stereocenters. The molecule has 8 rings (SSSR count). The van der Waals surface area contributed by atoms with Crippen molar-refractivity contribution < 1.29 is 4.74 Å². The zero-order valence-corrected chi connectivity index (χ0v) is 26.5. The summed E-state index contributed by atoms with van der Waals surface area (Å²) < 4.78 is 6.49. The minimum absolute atomic E-state index is 0.00506. The fraction of sp³-hybridized carbons (Fsp3) is 0.0870. The average Bonchev–Trinajstić information content (AvgIpc) is 3.48. The van der Waals surface area contributed by atoms with Crippen LogP contribution in [-0.4, -0.2) is 6.10 Å². The Morgan fingerprint density at radius 1 is 0.681 bits per heavy atom. The molecular weight excluding hydrogens is 569 g/mol. The molecule has 0 aromatic heterocycles. The van der Waals surface area contributed by atoms with Crippen LogP contribution in [0.4, 0.5) is 0 Å². The second-order valence-corrected chi connectivity index (χ2v) is 12.4. The SMILES string of the molecule is C=Cc1cccc(-c2ccc(-c3c(C=C)c(C=C)c(C4=CC5c6cc7c(cc6OC5C=C4)CCC=C7)c4ccccc34)cc2)c1C=C. The highest BCUT2D eigenvalue weighted by Crippen LogP contribution is 2.48. The van der Waals surface area contributed by atoms with E-state index in [0.717, 1.165) is 63.1 Å². The van der Waals surface area contributed by atoms with Gasteiger partial charge in [-0.1, -0.05) is 142 Å². The van der Waals surface area contributed by atoms with Crippen LogP contribution in [0.1, 0.15) is 56.8 Å². The van der Waals surface area contributed by atoms with E-state index >= 15 is 0 Å². The first-order valence-electron chi connectivity index (χ1n) is 16.4. The van der Waals surface area contributed by atoms with Crippen molar-refractivity contribution in [3.8, 4) is 28.0 Å². The Kier molecular flexibility index (Phi) is 7.11. The quantitative estimate of drug-likeness (QED) is 0.180. The van der Waals surface area contributed by atoms with Crippen LogP contribution in [-0.2, 0) is 6.42 Å². The molecule has 0 saturated heterocycles. The van der Waals surface area contributed by atoms with E-state index in [1.165, 1.54) is 38.6 Å². The van der Waals surface area contributed by atoms with Crippen LogP contribution in [0.2, 0.25) is 0 Å². The molecule has 0 spiro atoms. The molecular formula is C46H36O. The van der Waals surface area contributed by atoms with Crippen LogP contribution in [0.15, 0.2) is 129 Å². The van der Waals surface area contributed by atoms with Crippen LogP contribution in [0.3, 0.4) is 0 Å². The summed E-state index contributed by atoms with van der Waals surface area (Å²) in [7, 11) is 0. The summed E-state index contributed by atoms with van der Waals surface area (Å²) in [5, 5.41) is 2.39. The summed E-state index contributed by atoms with van der Waals surface area (Å²) in [4.78, 5) is 0. The normalized spacial score (nSPS) is 17.2. The molecule has 3 aliphatic rings. The molecule has 1 aliphatic heterocycles. The molecule has 2 aliphatic carbocycles. The van der Waals surface area contributed by atoms with E-state index in [-0.39, 0.29) is 12.0 Å². The predicted molar refractivity (Wildman–Crippen MR) is 203 cm³/mol. The summed E-state index contributed by atoms with van der Waals surface area (Å²) in [5.74, 6) is 1.17. The molecule has 226 valence electrons. The summed E-state index contributed by atoms with van der Waals surface area (Å²) in [6.07, 6.45) is 21.4. The maximum Gasteiger partial charge on any atom is 0.128 e. The van der Waals surface area contributed by atoms with Crippen molar-refractivity contribution in [1.82, 2.24) is 0 Å². The van der Waals surface area contributed by atoms with Gasteiger partial charge in [-0.25, -0.2) is 0 Å². The molecule has 2 unspecified atom stereocenters. The van der Waals surface area contributed by atoms with Crippen molar-refractivity contribution in [3.63, 3.8) is 0 Å². The fourth-order valence-corrected chi connectivity index (χ4v) is 7.78. The molecule has 0 bridgehead atoms. The Morgan fingerprint density at radius 2 is 1.40 bits per heavy atom. The molecule has 0 saturated carbocycles. The lowest BCUT2D eigenvalue weighted by molar-refractivity contribution is 0.269. The maximum absolute atomic E-state index is 6.49. The third-order valence-electron chi connectivity index (χ3n) is 9.99. The Balaban J connectivity index is 1.27. The van der Waals surface area contributed by atoms with Gasteiger partial charge in [0.05, 0.1) is 0 Å². The smallest absolute Gasteiger partial charge is 0.128 e. The number of benzene rings is 5. The summed E-state index contributed by atoms with van der Waals surface area (Å²) in [6, 6.07) is 28.5. The van der Waals surface area contributed by atoms with Crippen molar-refractivity contribution in [1.29, 1.82) is 0 Å². The van der Waals surface area contributed by atoms with Gasteiger partial charge in [-0.2, -0.15) is 0 Å². The van der Waals surface area contributed by atoms with Gasteiger partial charge in [-0.15, -0.1) is 0 Å². The molecule has 0 fully saturated rings. The number of aryl methyl sites for hydroxylation is 1. The number of allylic oxidation sites excluding steroid dienone is 3. The number of hydrogen-bond donors (Lipinski definition) is 0. The van der Waals surface area contributed by atoms with E-state index in [2.05, 4.69) is 136 Å². The molecule has 47 heavy (non-hydrogen) atoms. The van der Waals surface area contributed by atoms with Crippen molar-refractivity contribution >= 4 is 46.7 Å². The van der Waals surface area contributed by atoms with E-state index in [0.29, 0.717) is 0 Å². The predicted octanol–water partition coefficient (Wildman–Crippen LogP) is 12.2. The standard InChI is InChI=1S/C46H36O/c1-5-29-16-13-19-38(35(29)6-2)30-20-22-31(23-21-30)45-36(7-3)37(8-4)46(40-18-12-11-17-39(40)45)34-24-25-43-41(27-34)42-26-32-14-9-10-15-33(32)28-44(42)47-43/h5-9,11-14,16-28,41,43H,1-4,10,15H2. The molecule has 1 nitrogen and oxygen atoms in total. The van der Waals surface area contributed by atoms with E-state index in [9.17, 15) is 0 Å². The second-order valence-electron chi connectivity index (χ2n) is 12.4. The third-order valence-corrected chi connectivity index (χ3v) is 9.99. The van der Waals surface area contributed by atoms with Crippen molar-refractivity contribution in [2.24, 2.45) is 0 Å². The van der Waals surface area contributed by atoms with Gasteiger partial charge in [0, 0.05) is 11.5 Å². The highest BCUT2D eigenvalue weighted by molar-refractivity contribution is 6.10. The maximum atomic E-state index is 6.49. The molecule has 5 aromatic rings. The number of ether oxygens (including phenoxy) is 1. The van der Waals surface area contributed by atoms with Crippen molar-refractivity contribution in [3.05, 3.63) is 174 Å². The number of fused-ring (bicyclic) bond motifs is 5. The number of hydrogen-bond acceptors (Lipinski definition) is 1. The van der Waals surface area contributed by atoms with Gasteiger partial charge in [-0.05, 0) is 109 Å². The van der Waals surface area contributed by atoms with Crippen LogP contribution < -0.4 is 4.74 Å². The topological polar surface area (TPSA) is 9.23 Å². The third kappa shape index (κ3) is 4.62. The molecule has 0 N–H and O–H groups in total. The molecule has 5 aromatic carbocycles. The zero-order chi connectivity index (χ0) is 32.1. The molecule has 1 heterocycles. The van der Waals surface area contributed by atoms with Gasteiger partial charge < -0.3 is 4.74 Å². The average molecular weight is 605 g/mol. The van der Waals surface area contributed by atoms with E-state index in [1.807, 2.05) is 24.3 Å². The first-order chi connectivity index (χ1) is 23.1. The van der Waals surface area contributed by atoms with Crippen molar-refractivity contribution in [2.75, 3.05) is 0 Å². The monoisotopic (exact) mass is 604 g/mol. The van der Waals surface area contributed by atoms with E-state index < -0.39 is 0 Å². The number of rotatable bonds is 7. The van der Waals surface area contributed by atoms with Gasteiger partial charge in [-0.3, -0.25) is 0 Å². The minimum atomic E-state index is 0.00506. The lowest BCUT2D eigenvalue weighted by Crippen LogP contribution is -2.17. The first-order valence-corrected chi connectivity index (χ1v) is 16.4. The van der Waals surface area contributed by atoms with Crippen LogP contribution in [0.25, 0.3) is 69.0 Å². The van der Waals surface area contributed by atoms with Gasteiger partial charge >= 0.3 is 0 Å². The second kappa shape index (κ2) is 11.6. The molecule has 0 amide bonds.